The molecule has 0 saturated carbocycles. The predicted molar refractivity (Wildman–Crippen MR) is 95.5 cm³/mol. The number of nitrogens with one attached hydrogen (secondary N) is 1. The van der Waals surface area contributed by atoms with E-state index in [1.54, 1.807) is 0 Å². The Kier molecular flexibility index (Phi) is 7.47. The van der Waals surface area contributed by atoms with Crippen molar-refractivity contribution in [1.82, 2.24) is 0 Å². The summed E-state index contributed by atoms with van der Waals surface area (Å²) < 4.78 is 0. The van der Waals surface area contributed by atoms with Crippen molar-refractivity contribution in [3.05, 3.63) is 59.7 Å². The maximum Gasteiger partial charge on any atom is 0.224 e. The molecule has 0 aliphatic rings. The van der Waals surface area contributed by atoms with Gasteiger partial charge in [-0.05, 0) is 36.1 Å². The standard InChI is InChI=1S/C18H22N2O.ClH/c1-2-7-15-9-4-6-11-17(15)20-18(21)13-12-14-8-3-5-10-16(14)19;/h3-6,8-11H,2,7,12-13,19H2,1H3,(H,20,21);1H. The van der Waals surface area contributed by atoms with Crippen LogP contribution in [-0.4, -0.2) is 5.91 Å². The highest BCUT2D eigenvalue weighted by Gasteiger charge is 2.07. The van der Waals surface area contributed by atoms with Crippen molar-refractivity contribution in [1.29, 1.82) is 0 Å². The summed E-state index contributed by atoms with van der Waals surface area (Å²) in [5, 5.41) is 3.01. The highest BCUT2D eigenvalue weighted by Crippen LogP contribution is 2.18. The molecule has 3 N–H and O–H groups in total. The zero-order chi connectivity index (χ0) is 15.1. The van der Waals surface area contributed by atoms with E-state index in [9.17, 15) is 4.79 Å². The summed E-state index contributed by atoms with van der Waals surface area (Å²) in [6, 6.07) is 15.7. The van der Waals surface area contributed by atoms with Crippen molar-refractivity contribution in [3.63, 3.8) is 0 Å². The van der Waals surface area contributed by atoms with Crippen LogP contribution in [0, 0.1) is 0 Å². The lowest BCUT2D eigenvalue weighted by molar-refractivity contribution is -0.116. The number of halogens is 1. The zero-order valence-corrected chi connectivity index (χ0v) is 13.7. The average Bonchev–Trinajstić information content (AvgIpc) is 2.49. The second-order valence-corrected chi connectivity index (χ2v) is 5.15. The van der Waals surface area contributed by atoms with Gasteiger partial charge in [0.1, 0.15) is 0 Å². The van der Waals surface area contributed by atoms with E-state index in [4.69, 9.17) is 5.73 Å². The van der Waals surface area contributed by atoms with Gasteiger partial charge in [-0.1, -0.05) is 49.7 Å². The van der Waals surface area contributed by atoms with Gasteiger partial charge in [0.05, 0.1) is 0 Å². The zero-order valence-electron chi connectivity index (χ0n) is 12.8. The fourth-order valence-electron chi connectivity index (χ4n) is 2.35. The molecule has 2 aromatic rings. The van der Waals surface area contributed by atoms with E-state index in [1.807, 2.05) is 42.5 Å². The van der Waals surface area contributed by atoms with Crippen LogP contribution in [-0.2, 0) is 17.6 Å². The molecule has 4 heteroatoms. The van der Waals surface area contributed by atoms with Crippen LogP contribution in [0.4, 0.5) is 11.4 Å². The highest BCUT2D eigenvalue weighted by atomic mass is 35.5. The SMILES string of the molecule is CCCc1ccccc1NC(=O)CCc1ccccc1N.Cl. The fourth-order valence-corrected chi connectivity index (χ4v) is 2.35. The topological polar surface area (TPSA) is 55.1 Å². The van der Waals surface area contributed by atoms with Gasteiger partial charge in [0.25, 0.3) is 0 Å². The molecular formula is C18H23ClN2O. The number of aryl methyl sites for hydroxylation is 2. The van der Waals surface area contributed by atoms with Crippen LogP contribution in [0.25, 0.3) is 0 Å². The Labute approximate surface area is 138 Å². The van der Waals surface area contributed by atoms with Gasteiger partial charge in [-0.2, -0.15) is 0 Å². The first kappa shape index (κ1) is 18.1. The molecule has 0 fully saturated rings. The quantitative estimate of drug-likeness (QED) is 0.784. The van der Waals surface area contributed by atoms with Crippen molar-refractivity contribution in [2.24, 2.45) is 0 Å². The van der Waals surface area contributed by atoms with Gasteiger partial charge in [0.2, 0.25) is 5.91 Å². The third-order valence-corrected chi connectivity index (χ3v) is 3.49. The molecule has 2 rings (SSSR count). The third-order valence-electron chi connectivity index (χ3n) is 3.49. The van der Waals surface area contributed by atoms with E-state index >= 15 is 0 Å². The van der Waals surface area contributed by atoms with Crippen molar-refractivity contribution >= 4 is 29.7 Å². The van der Waals surface area contributed by atoms with Gasteiger partial charge in [-0.25, -0.2) is 0 Å². The lowest BCUT2D eigenvalue weighted by Gasteiger charge is -2.11. The number of para-hydroxylation sites is 2. The van der Waals surface area contributed by atoms with Crippen LogP contribution in [0.15, 0.2) is 48.5 Å². The first-order valence-corrected chi connectivity index (χ1v) is 7.42. The van der Waals surface area contributed by atoms with Gasteiger partial charge in [-0.15, -0.1) is 12.4 Å². The molecule has 0 spiro atoms. The Balaban J connectivity index is 0.00000242. The molecule has 0 heterocycles. The van der Waals surface area contributed by atoms with Gasteiger partial charge in [-0.3, -0.25) is 4.79 Å². The van der Waals surface area contributed by atoms with E-state index < -0.39 is 0 Å². The minimum atomic E-state index is 0. The molecule has 0 saturated heterocycles. The lowest BCUT2D eigenvalue weighted by atomic mass is 10.1. The summed E-state index contributed by atoms with van der Waals surface area (Å²) in [4.78, 5) is 12.1. The van der Waals surface area contributed by atoms with E-state index in [-0.39, 0.29) is 18.3 Å². The van der Waals surface area contributed by atoms with E-state index in [2.05, 4.69) is 18.3 Å². The molecule has 0 aliphatic heterocycles. The van der Waals surface area contributed by atoms with Gasteiger partial charge in [0, 0.05) is 17.8 Å². The molecule has 0 aromatic heterocycles. The highest BCUT2D eigenvalue weighted by molar-refractivity contribution is 5.91. The maximum absolute atomic E-state index is 12.1. The fraction of sp³-hybridized carbons (Fsp3) is 0.278. The first-order valence-electron chi connectivity index (χ1n) is 7.42. The van der Waals surface area contributed by atoms with Crippen molar-refractivity contribution in [3.8, 4) is 0 Å². The summed E-state index contributed by atoms with van der Waals surface area (Å²) in [5.41, 5.74) is 9.77. The number of anilines is 2. The molecule has 2 aromatic carbocycles. The number of carbonyl (C=O) groups excluding carboxylic acids is 1. The minimum absolute atomic E-state index is 0. The van der Waals surface area contributed by atoms with Crippen LogP contribution in [0.3, 0.4) is 0 Å². The maximum atomic E-state index is 12.1. The molecular weight excluding hydrogens is 296 g/mol. The normalized spacial score (nSPS) is 9.86. The molecule has 0 aliphatic carbocycles. The van der Waals surface area contributed by atoms with E-state index in [0.29, 0.717) is 12.8 Å². The Morgan fingerprint density at radius 1 is 1.00 bits per heavy atom. The second kappa shape index (κ2) is 9.11. The number of nitrogens with two attached hydrogens (primary N) is 1. The second-order valence-electron chi connectivity index (χ2n) is 5.15. The van der Waals surface area contributed by atoms with Crippen LogP contribution >= 0.6 is 12.4 Å². The molecule has 0 radical (unpaired) electrons. The molecule has 22 heavy (non-hydrogen) atoms. The van der Waals surface area contributed by atoms with Gasteiger partial charge < -0.3 is 11.1 Å². The number of hydrogen-bond donors (Lipinski definition) is 2. The van der Waals surface area contributed by atoms with Gasteiger partial charge >= 0.3 is 0 Å². The van der Waals surface area contributed by atoms with Crippen LogP contribution < -0.4 is 11.1 Å². The number of rotatable bonds is 6. The van der Waals surface area contributed by atoms with E-state index in [1.165, 1.54) is 5.56 Å². The lowest BCUT2D eigenvalue weighted by Crippen LogP contribution is -2.14. The Bertz CT molecular complexity index is 614. The van der Waals surface area contributed by atoms with Crippen molar-refractivity contribution < 1.29 is 4.79 Å². The molecule has 0 atom stereocenters. The van der Waals surface area contributed by atoms with Crippen molar-refractivity contribution in [2.45, 2.75) is 32.6 Å². The first-order chi connectivity index (χ1) is 10.2. The predicted octanol–water partition coefficient (Wildman–Crippen LogP) is 4.21. The Hall–Kier alpha value is -2.00. The molecule has 0 unspecified atom stereocenters. The van der Waals surface area contributed by atoms with Crippen LogP contribution in [0.1, 0.15) is 30.9 Å². The molecule has 1 amide bonds. The number of hydrogen-bond acceptors (Lipinski definition) is 2. The Morgan fingerprint density at radius 2 is 1.64 bits per heavy atom. The number of benzene rings is 2. The van der Waals surface area contributed by atoms with Gasteiger partial charge in [0.15, 0.2) is 0 Å². The molecule has 118 valence electrons. The smallest absolute Gasteiger partial charge is 0.224 e. The van der Waals surface area contributed by atoms with Crippen LogP contribution in [0.2, 0.25) is 0 Å². The average molecular weight is 319 g/mol. The summed E-state index contributed by atoms with van der Waals surface area (Å²) in [7, 11) is 0. The number of amides is 1. The number of carbonyl (C=O) groups is 1. The summed E-state index contributed by atoms with van der Waals surface area (Å²) in [5.74, 6) is 0.0295. The third kappa shape index (κ3) is 5.08. The largest absolute Gasteiger partial charge is 0.399 e. The summed E-state index contributed by atoms with van der Waals surface area (Å²) >= 11 is 0. The van der Waals surface area contributed by atoms with E-state index in [0.717, 1.165) is 29.8 Å². The molecule has 3 nitrogen and oxygen atoms in total. The summed E-state index contributed by atoms with van der Waals surface area (Å²) in [6.45, 7) is 2.14. The number of nitrogen functional groups attached to an aromatic ring is 1. The van der Waals surface area contributed by atoms with Crippen LogP contribution in [0.5, 0.6) is 0 Å². The molecule has 0 bridgehead atoms. The summed E-state index contributed by atoms with van der Waals surface area (Å²) in [6.07, 6.45) is 3.14. The monoisotopic (exact) mass is 318 g/mol. The Morgan fingerprint density at radius 3 is 2.32 bits per heavy atom. The van der Waals surface area contributed by atoms with Crippen molar-refractivity contribution in [2.75, 3.05) is 11.1 Å². The minimum Gasteiger partial charge on any atom is -0.399 e.